The second-order valence-corrected chi connectivity index (χ2v) is 10.6. The van der Waals surface area contributed by atoms with E-state index in [1.807, 2.05) is 0 Å². The maximum Gasteiger partial charge on any atom is 0.408 e. The summed E-state index contributed by atoms with van der Waals surface area (Å²) in [6.07, 6.45) is -0.946. The number of nitro groups is 1. The Kier molecular flexibility index (Phi) is 7.30. The van der Waals surface area contributed by atoms with Crippen molar-refractivity contribution < 1.29 is 33.9 Å². The molecule has 2 aliphatic heterocycles. The number of benzene rings is 1. The van der Waals surface area contributed by atoms with Gasteiger partial charge in [-0.2, -0.15) is 0 Å². The molecule has 2 amide bonds. The van der Waals surface area contributed by atoms with E-state index in [0.717, 1.165) is 11.8 Å². The Hall–Kier alpha value is -1.99. The molecule has 2 unspecified atom stereocenters. The molecule has 3 rings (SSSR count). The largest absolute Gasteiger partial charge is 0.459 e. The number of fused-ring (bicyclic) bond motifs is 1. The van der Waals surface area contributed by atoms with Gasteiger partial charge < -0.3 is 24.8 Å². The minimum absolute atomic E-state index is 0.0814. The highest BCUT2D eigenvalue weighted by Gasteiger charge is 2.57. The maximum absolute atomic E-state index is 12.4. The van der Waals surface area contributed by atoms with Crippen LogP contribution in [0.5, 0.6) is 0 Å². The van der Waals surface area contributed by atoms with Crippen LogP contribution >= 0.6 is 46.6 Å². The van der Waals surface area contributed by atoms with Gasteiger partial charge in [0, 0.05) is 17.9 Å². The van der Waals surface area contributed by atoms with Crippen LogP contribution in [0, 0.1) is 10.1 Å². The number of aliphatic hydroxyl groups is 1. The first-order valence-electron chi connectivity index (χ1n) is 8.95. The lowest BCUT2D eigenvalue weighted by Gasteiger charge is -2.52. The molecule has 0 radical (unpaired) electrons. The number of β-lactam (4-membered cyclic amide) rings is 1. The zero-order valence-corrected chi connectivity index (χ0v) is 19.1. The lowest BCUT2D eigenvalue weighted by Crippen LogP contribution is -2.75. The van der Waals surface area contributed by atoms with Crippen molar-refractivity contribution in [3.63, 3.8) is 0 Å². The molecule has 2 fully saturated rings. The van der Waals surface area contributed by atoms with Crippen molar-refractivity contribution in [3.05, 3.63) is 39.9 Å². The normalized spacial score (nSPS) is 24.8. The first kappa shape index (κ1) is 24.6. The minimum atomic E-state index is -1.95. The Morgan fingerprint density at radius 1 is 1.31 bits per heavy atom. The van der Waals surface area contributed by atoms with Gasteiger partial charge in [0.15, 0.2) is 5.60 Å². The summed E-state index contributed by atoms with van der Waals surface area (Å²) >= 11 is 17.6. The van der Waals surface area contributed by atoms with E-state index >= 15 is 0 Å². The van der Waals surface area contributed by atoms with Gasteiger partial charge in [-0.1, -0.05) is 34.8 Å². The van der Waals surface area contributed by atoms with Crippen LogP contribution in [0.4, 0.5) is 10.5 Å². The zero-order valence-electron chi connectivity index (χ0n) is 16.0. The molecular weight excluding hydrogens is 513 g/mol. The van der Waals surface area contributed by atoms with Crippen LogP contribution in [0.25, 0.3) is 0 Å². The van der Waals surface area contributed by atoms with Crippen LogP contribution in [0.2, 0.25) is 0 Å². The smallest absolute Gasteiger partial charge is 0.408 e. The Morgan fingerprint density at radius 2 is 1.97 bits per heavy atom. The van der Waals surface area contributed by atoms with Crippen molar-refractivity contribution in [2.24, 2.45) is 0 Å². The minimum Gasteiger partial charge on any atom is -0.459 e. The Labute approximate surface area is 200 Å². The highest BCUT2D eigenvalue weighted by atomic mass is 35.6. The van der Waals surface area contributed by atoms with Crippen molar-refractivity contribution in [1.82, 2.24) is 10.2 Å². The zero-order chi connectivity index (χ0) is 23.7. The monoisotopic (exact) mass is 527 g/mol. The van der Waals surface area contributed by atoms with E-state index < -0.39 is 50.3 Å². The summed E-state index contributed by atoms with van der Waals surface area (Å²) in [4.78, 5) is 47.9. The van der Waals surface area contributed by atoms with Crippen molar-refractivity contribution >= 4 is 70.2 Å². The molecule has 32 heavy (non-hydrogen) atoms. The third-order valence-corrected chi connectivity index (χ3v) is 6.44. The number of alkyl carbamates (subject to hydrolysis) is 1. The number of nitro benzene ring substituents is 1. The standard InChI is InChI=1S/C17H16Cl3N3O8S/c18-17(19,20)7-31-15(26)21-11-12(24)22-6-16(27,8-32-13(11)22)14(25)30-5-9-1-3-10(4-2-9)23(28)29/h1-4,11,13,27H,5-8H2,(H,21,26)/t11?,13-,16?/m1/s1. The van der Waals surface area contributed by atoms with Gasteiger partial charge >= 0.3 is 12.1 Å². The van der Waals surface area contributed by atoms with Crippen molar-refractivity contribution in [3.8, 4) is 0 Å². The summed E-state index contributed by atoms with van der Waals surface area (Å²) in [5, 5.41) is 23.2. The van der Waals surface area contributed by atoms with Gasteiger partial charge in [-0.15, -0.1) is 11.8 Å². The average molecular weight is 529 g/mol. The van der Waals surface area contributed by atoms with Gasteiger partial charge in [-0.25, -0.2) is 9.59 Å². The van der Waals surface area contributed by atoms with Crippen LogP contribution in [0.3, 0.4) is 0 Å². The number of hydrogen-bond donors (Lipinski definition) is 2. The molecule has 15 heteroatoms. The number of carbonyl (C=O) groups excluding carboxylic acids is 3. The van der Waals surface area contributed by atoms with Crippen LogP contribution in [-0.2, 0) is 25.7 Å². The molecule has 3 atom stereocenters. The molecule has 1 aromatic rings. The second kappa shape index (κ2) is 9.48. The van der Waals surface area contributed by atoms with E-state index in [1.165, 1.54) is 29.2 Å². The second-order valence-electron chi connectivity index (χ2n) is 7.01. The molecule has 0 bridgehead atoms. The number of halogens is 3. The summed E-state index contributed by atoms with van der Waals surface area (Å²) in [6, 6.07) is 4.48. The van der Waals surface area contributed by atoms with Crippen LogP contribution in [0.15, 0.2) is 24.3 Å². The SMILES string of the molecule is O=C(NC1C(=O)N2CC(O)(C(=O)OCc3ccc([N+](=O)[O-])cc3)CS[C@H]12)OCC(Cl)(Cl)Cl. The summed E-state index contributed by atoms with van der Waals surface area (Å²) in [7, 11) is 0. The molecule has 2 heterocycles. The average Bonchev–Trinajstić information content (AvgIpc) is 2.74. The van der Waals surface area contributed by atoms with Crippen molar-refractivity contribution in [1.29, 1.82) is 0 Å². The van der Waals surface area contributed by atoms with Crippen LogP contribution in [0.1, 0.15) is 5.56 Å². The van der Waals surface area contributed by atoms with Crippen molar-refractivity contribution in [2.75, 3.05) is 18.9 Å². The molecule has 2 N–H and O–H groups in total. The van der Waals surface area contributed by atoms with Gasteiger partial charge in [0.2, 0.25) is 9.70 Å². The van der Waals surface area contributed by atoms with E-state index in [-0.39, 0.29) is 24.6 Å². The molecule has 174 valence electrons. The number of thioether (sulfide) groups is 1. The van der Waals surface area contributed by atoms with Gasteiger partial charge in [0.1, 0.15) is 24.6 Å². The number of amides is 2. The molecule has 0 aliphatic carbocycles. The number of non-ortho nitro benzene ring substituents is 1. The predicted molar refractivity (Wildman–Crippen MR) is 114 cm³/mol. The van der Waals surface area contributed by atoms with E-state index in [9.17, 15) is 29.6 Å². The van der Waals surface area contributed by atoms with E-state index in [2.05, 4.69) is 5.32 Å². The number of rotatable bonds is 6. The Bertz CT molecular complexity index is 929. The maximum atomic E-state index is 12.4. The molecule has 0 spiro atoms. The molecule has 11 nitrogen and oxygen atoms in total. The van der Waals surface area contributed by atoms with Gasteiger partial charge in [-0.3, -0.25) is 14.9 Å². The summed E-state index contributed by atoms with van der Waals surface area (Å²) in [6.45, 7) is -1.03. The molecular formula is C17H16Cl3N3O8S. The summed E-state index contributed by atoms with van der Waals surface area (Å²) in [5.41, 5.74) is -1.56. The summed E-state index contributed by atoms with van der Waals surface area (Å²) < 4.78 is 8.07. The predicted octanol–water partition coefficient (Wildman–Crippen LogP) is 1.75. The fourth-order valence-corrected chi connectivity index (χ4v) is 4.55. The topological polar surface area (TPSA) is 148 Å². The van der Waals surface area contributed by atoms with Crippen molar-refractivity contribution in [2.45, 2.75) is 27.4 Å². The molecule has 0 saturated carbocycles. The van der Waals surface area contributed by atoms with Crippen LogP contribution < -0.4 is 5.32 Å². The first-order valence-corrected chi connectivity index (χ1v) is 11.1. The lowest BCUT2D eigenvalue weighted by atomic mass is 9.99. The first-order chi connectivity index (χ1) is 14.9. The summed E-state index contributed by atoms with van der Waals surface area (Å²) in [5.74, 6) is -1.54. The number of ether oxygens (including phenoxy) is 2. The van der Waals surface area contributed by atoms with Gasteiger partial charge in [0.25, 0.3) is 5.69 Å². The fraction of sp³-hybridized carbons (Fsp3) is 0.471. The number of nitrogens with one attached hydrogen (secondary N) is 1. The highest BCUT2D eigenvalue weighted by Crippen LogP contribution is 2.39. The number of alkyl halides is 3. The molecule has 2 aliphatic rings. The number of nitrogens with zero attached hydrogens (tertiary/aromatic N) is 2. The Balaban J connectivity index is 1.51. The molecule has 1 aromatic carbocycles. The number of esters is 1. The lowest BCUT2D eigenvalue weighted by molar-refractivity contribution is -0.384. The number of carbonyl (C=O) groups is 3. The quantitative estimate of drug-likeness (QED) is 0.185. The Morgan fingerprint density at radius 3 is 2.56 bits per heavy atom. The van der Waals surface area contributed by atoms with E-state index in [0.29, 0.717) is 5.56 Å². The molecule has 0 aromatic heterocycles. The highest BCUT2D eigenvalue weighted by molar-refractivity contribution is 8.00. The fourth-order valence-electron chi connectivity index (χ4n) is 3.00. The third kappa shape index (κ3) is 5.67. The van der Waals surface area contributed by atoms with E-state index in [1.54, 1.807) is 0 Å². The molecule has 2 saturated heterocycles. The van der Waals surface area contributed by atoms with E-state index in [4.69, 9.17) is 44.3 Å². The van der Waals surface area contributed by atoms with Gasteiger partial charge in [0.05, 0.1) is 11.5 Å². The van der Waals surface area contributed by atoms with Gasteiger partial charge in [-0.05, 0) is 17.7 Å². The third-order valence-electron chi connectivity index (χ3n) is 4.60. The number of hydrogen-bond acceptors (Lipinski definition) is 9. The van der Waals surface area contributed by atoms with Crippen LogP contribution in [-0.4, -0.2) is 72.6 Å².